The van der Waals surface area contributed by atoms with Gasteiger partial charge in [0, 0.05) is 28.6 Å². The summed E-state index contributed by atoms with van der Waals surface area (Å²) in [5.74, 6) is -0.185. The van der Waals surface area contributed by atoms with E-state index in [0.717, 1.165) is 17.5 Å². The maximum Gasteiger partial charge on any atom is 0.168 e. The quantitative estimate of drug-likeness (QED) is 0.538. The molecule has 0 atom stereocenters. The predicted octanol–water partition coefficient (Wildman–Crippen LogP) is 3.86. The number of rotatable bonds is 5. The summed E-state index contributed by atoms with van der Waals surface area (Å²) < 4.78 is 34.8. The molecule has 0 radical (unpaired) electrons. The van der Waals surface area contributed by atoms with Gasteiger partial charge in [-0.05, 0) is 43.2 Å². The summed E-state index contributed by atoms with van der Waals surface area (Å²) in [6, 6.07) is 9.95. The van der Waals surface area contributed by atoms with Gasteiger partial charge in [-0.25, -0.2) is 8.78 Å². The van der Waals surface area contributed by atoms with Crippen LogP contribution < -0.4 is 4.74 Å². The molecule has 3 heterocycles. The molecule has 0 bridgehead atoms. The molecular formula is C20H16F2N4O. The van der Waals surface area contributed by atoms with Crippen LogP contribution in [0.2, 0.25) is 0 Å². The van der Waals surface area contributed by atoms with Gasteiger partial charge in [0.25, 0.3) is 0 Å². The number of nitrogens with zero attached hydrogens (tertiary/aromatic N) is 4. The van der Waals surface area contributed by atoms with Gasteiger partial charge in [-0.15, -0.1) is 10.2 Å². The van der Waals surface area contributed by atoms with Gasteiger partial charge in [-0.3, -0.25) is 9.38 Å². The number of hydrogen-bond donors (Lipinski definition) is 0. The second-order valence-corrected chi connectivity index (χ2v) is 6.08. The Labute approximate surface area is 154 Å². The van der Waals surface area contributed by atoms with E-state index in [1.807, 2.05) is 16.5 Å². The number of aryl methyl sites for hydroxylation is 1. The van der Waals surface area contributed by atoms with Gasteiger partial charge in [-0.1, -0.05) is 6.07 Å². The van der Waals surface area contributed by atoms with Gasteiger partial charge in [0.05, 0.1) is 13.3 Å². The summed E-state index contributed by atoms with van der Waals surface area (Å²) in [6.07, 6.45) is 5.36. The summed E-state index contributed by atoms with van der Waals surface area (Å²) in [6.45, 7) is 0. The van der Waals surface area contributed by atoms with Crippen LogP contribution in [0, 0.1) is 11.6 Å². The Morgan fingerprint density at radius 3 is 2.78 bits per heavy atom. The number of pyridine rings is 2. The number of halogens is 2. The van der Waals surface area contributed by atoms with E-state index in [0.29, 0.717) is 35.4 Å². The molecule has 136 valence electrons. The highest BCUT2D eigenvalue weighted by Crippen LogP contribution is 2.26. The molecule has 0 aliphatic carbocycles. The molecule has 0 spiro atoms. The second kappa shape index (κ2) is 7.11. The van der Waals surface area contributed by atoms with E-state index in [2.05, 4.69) is 15.2 Å². The molecule has 3 aromatic heterocycles. The minimum atomic E-state index is -0.416. The predicted molar refractivity (Wildman–Crippen MR) is 96.5 cm³/mol. The van der Waals surface area contributed by atoms with Crippen LogP contribution in [0.3, 0.4) is 0 Å². The molecule has 27 heavy (non-hydrogen) atoms. The number of fused-ring (bicyclic) bond motifs is 1. The smallest absolute Gasteiger partial charge is 0.168 e. The van der Waals surface area contributed by atoms with E-state index < -0.39 is 5.82 Å². The van der Waals surface area contributed by atoms with Crippen LogP contribution in [-0.4, -0.2) is 26.7 Å². The Balaban J connectivity index is 1.69. The zero-order valence-corrected chi connectivity index (χ0v) is 14.6. The Kier molecular flexibility index (Phi) is 4.50. The van der Waals surface area contributed by atoms with Crippen molar-refractivity contribution in [1.82, 2.24) is 19.6 Å². The van der Waals surface area contributed by atoms with Crippen LogP contribution in [-0.2, 0) is 12.8 Å². The van der Waals surface area contributed by atoms with Crippen LogP contribution in [0.5, 0.6) is 5.75 Å². The molecule has 5 nitrogen and oxygen atoms in total. The van der Waals surface area contributed by atoms with Crippen molar-refractivity contribution in [2.45, 2.75) is 12.8 Å². The van der Waals surface area contributed by atoms with E-state index in [4.69, 9.17) is 4.74 Å². The summed E-state index contributed by atoms with van der Waals surface area (Å²) in [5, 5.41) is 8.13. The van der Waals surface area contributed by atoms with Gasteiger partial charge in [0.15, 0.2) is 5.65 Å². The van der Waals surface area contributed by atoms with Crippen molar-refractivity contribution in [3.63, 3.8) is 0 Å². The summed E-state index contributed by atoms with van der Waals surface area (Å²) >= 11 is 0. The molecule has 0 saturated carbocycles. The van der Waals surface area contributed by atoms with Crippen LogP contribution in [0.4, 0.5) is 8.78 Å². The monoisotopic (exact) mass is 366 g/mol. The normalized spacial score (nSPS) is 11.1. The van der Waals surface area contributed by atoms with Gasteiger partial charge in [0.1, 0.15) is 23.7 Å². The highest BCUT2D eigenvalue weighted by Gasteiger charge is 2.13. The van der Waals surface area contributed by atoms with Crippen molar-refractivity contribution in [3.8, 4) is 16.9 Å². The number of hydrogen-bond acceptors (Lipinski definition) is 4. The lowest BCUT2D eigenvalue weighted by atomic mass is 10.0. The van der Waals surface area contributed by atoms with Gasteiger partial charge in [0.2, 0.25) is 0 Å². The third kappa shape index (κ3) is 3.23. The van der Waals surface area contributed by atoms with Crippen molar-refractivity contribution in [3.05, 3.63) is 78.0 Å². The van der Waals surface area contributed by atoms with Gasteiger partial charge < -0.3 is 4.74 Å². The Hall–Kier alpha value is -3.35. The summed E-state index contributed by atoms with van der Waals surface area (Å²) in [7, 11) is 1.53. The lowest BCUT2D eigenvalue weighted by molar-refractivity contribution is 0.404. The van der Waals surface area contributed by atoms with Crippen molar-refractivity contribution in [2.24, 2.45) is 0 Å². The maximum atomic E-state index is 14.2. The molecule has 0 aliphatic rings. The first kappa shape index (κ1) is 17.1. The lowest BCUT2D eigenvalue weighted by Gasteiger charge is -2.11. The van der Waals surface area contributed by atoms with Crippen molar-refractivity contribution in [1.29, 1.82) is 0 Å². The van der Waals surface area contributed by atoms with Crippen LogP contribution in [0.25, 0.3) is 16.8 Å². The van der Waals surface area contributed by atoms with E-state index in [9.17, 15) is 8.78 Å². The molecule has 4 aromatic rings. The molecule has 0 amide bonds. The largest absolute Gasteiger partial charge is 0.496 e. The molecule has 0 N–H and O–H groups in total. The first-order chi connectivity index (χ1) is 13.2. The third-order valence-corrected chi connectivity index (χ3v) is 4.48. The average molecular weight is 366 g/mol. The highest BCUT2D eigenvalue weighted by atomic mass is 19.1. The zero-order chi connectivity index (χ0) is 18.8. The summed E-state index contributed by atoms with van der Waals surface area (Å²) in [5.41, 5.74) is 3.38. The number of ether oxygens (including phenoxy) is 1. The van der Waals surface area contributed by atoms with E-state index in [-0.39, 0.29) is 5.82 Å². The van der Waals surface area contributed by atoms with Gasteiger partial charge >= 0.3 is 0 Å². The molecule has 0 aliphatic heterocycles. The topological polar surface area (TPSA) is 52.3 Å². The first-order valence-electron chi connectivity index (χ1n) is 8.41. The number of benzene rings is 1. The Morgan fingerprint density at radius 1 is 1.07 bits per heavy atom. The standard InChI is InChI=1S/C20H16F2N4O/c1-27-19-4-2-3-18(22)17(19)8-6-15-5-7-16(20-25-24-12-26(15)20)13-9-14(21)11-23-10-13/h2-5,7,9-12H,6,8H2,1H3. The average Bonchev–Trinajstić information content (AvgIpc) is 3.16. The minimum absolute atomic E-state index is 0.295. The highest BCUT2D eigenvalue weighted by molar-refractivity contribution is 5.76. The fourth-order valence-corrected chi connectivity index (χ4v) is 3.18. The molecular weight excluding hydrogens is 350 g/mol. The second-order valence-electron chi connectivity index (χ2n) is 6.08. The fourth-order valence-electron chi connectivity index (χ4n) is 3.18. The molecule has 0 saturated heterocycles. The third-order valence-electron chi connectivity index (χ3n) is 4.48. The van der Waals surface area contributed by atoms with Crippen LogP contribution in [0.1, 0.15) is 11.3 Å². The Bertz CT molecular complexity index is 1110. The first-order valence-corrected chi connectivity index (χ1v) is 8.41. The van der Waals surface area contributed by atoms with Gasteiger partial charge in [-0.2, -0.15) is 0 Å². The summed E-state index contributed by atoms with van der Waals surface area (Å²) in [4.78, 5) is 3.89. The minimum Gasteiger partial charge on any atom is -0.496 e. The zero-order valence-electron chi connectivity index (χ0n) is 14.6. The SMILES string of the molecule is COc1cccc(F)c1CCc1ccc(-c2cncc(F)c2)c2nncn12. The number of aromatic nitrogens is 4. The lowest BCUT2D eigenvalue weighted by Crippen LogP contribution is -2.03. The van der Waals surface area contributed by atoms with Crippen molar-refractivity contribution in [2.75, 3.05) is 7.11 Å². The van der Waals surface area contributed by atoms with Crippen molar-refractivity contribution < 1.29 is 13.5 Å². The number of methoxy groups -OCH3 is 1. The van der Waals surface area contributed by atoms with E-state index in [1.54, 1.807) is 24.7 Å². The molecule has 4 rings (SSSR count). The molecule has 1 aromatic carbocycles. The van der Waals surface area contributed by atoms with Crippen LogP contribution in [0.15, 0.2) is 55.1 Å². The fraction of sp³-hybridized carbons (Fsp3) is 0.150. The Morgan fingerprint density at radius 2 is 1.96 bits per heavy atom. The molecule has 0 fully saturated rings. The van der Waals surface area contributed by atoms with Crippen LogP contribution >= 0.6 is 0 Å². The van der Waals surface area contributed by atoms with E-state index in [1.165, 1.54) is 19.2 Å². The maximum absolute atomic E-state index is 14.2. The van der Waals surface area contributed by atoms with Crippen molar-refractivity contribution >= 4 is 5.65 Å². The molecule has 0 unspecified atom stereocenters. The molecule has 7 heteroatoms. The van der Waals surface area contributed by atoms with E-state index >= 15 is 0 Å².